The minimum Gasteiger partial charge on any atom is -0.481 e. The maximum absolute atomic E-state index is 12.3. The van der Waals surface area contributed by atoms with Crippen LogP contribution in [0.3, 0.4) is 0 Å². The first-order valence-electron chi connectivity index (χ1n) is 7.51. The predicted molar refractivity (Wildman–Crippen MR) is 87.5 cm³/mol. The number of carbonyl (C=O) groups is 2. The van der Waals surface area contributed by atoms with Crippen LogP contribution in [0.25, 0.3) is 0 Å². The molecule has 2 N–H and O–H groups in total. The molecule has 0 bridgehead atoms. The molecule has 1 heterocycles. The Kier molecular flexibility index (Phi) is 5.16. The summed E-state index contributed by atoms with van der Waals surface area (Å²) in [5, 5.41) is 15.8. The van der Waals surface area contributed by atoms with Crippen molar-refractivity contribution in [1.82, 2.24) is 9.78 Å². The number of carbonyl (C=O) groups excluding carboxylic acids is 1. The van der Waals surface area contributed by atoms with Gasteiger partial charge < -0.3 is 10.4 Å². The Balaban J connectivity index is 2.07. The van der Waals surface area contributed by atoms with E-state index in [0.29, 0.717) is 22.7 Å². The SMILES string of the molecule is Cc1c(C(=O)Nc2ccc(CC(=O)O)cc2)cnn1CC(C)C. The lowest BCUT2D eigenvalue weighted by atomic mass is 10.1. The molecule has 122 valence electrons. The van der Waals surface area contributed by atoms with Gasteiger partial charge in [0.25, 0.3) is 5.91 Å². The lowest BCUT2D eigenvalue weighted by Gasteiger charge is -2.08. The van der Waals surface area contributed by atoms with Crippen LogP contribution in [0.5, 0.6) is 0 Å². The number of hydrogen-bond donors (Lipinski definition) is 2. The average molecular weight is 315 g/mol. The van der Waals surface area contributed by atoms with Crippen LogP contribution >= 0.6 is 0 Å². The summed E-state index contributed by atoms with van der Waals surface area (Å²) >= 11 is 0. The van der Waals surface area contributed by atoms with Gasteiger partial charge in [-0.25, -0.2) is 0 Å². The number of aliphatic carboxylic acids is 1. The molecule has 1 amide bonds. The van der Waals surface area contributed by atoms with Gasteiger partial charge in [0.1, 0.15) is 0 Å². The Bertz CT molecular complexity index is 702. The quantitative estimate of drug-likeness (QED) is 0.858. The number of amides is 1. The van der Waals surface area contributed by atoms with Crippen LogP contribution in [0, 0.1) is 12.8 Å². The molecule has 0 radical (unpaired) electrons. The summed E-state index contributed by atoms with van der Waals surface area (Å²) < 4.78 is 1.83. The molecule has 6 heteroatoms. The van der Waals surface area contributed by atoms with E-state index in [-0.39, 0.29) is 12.3 Å². The third kappa shape index (κ3) is 4.42. The van der Waals surface area contributed by atoms with Crippen LogP contribution in [0.1, 0.15) is 35.5 Å². The Labute approximate surface area is 135 Å². The Hall–Kier alpha value is -2.63. The first-order valence-corrected chi connectivity index (χ1v) is 7.51. The van der Waals surface area contributed by atoms with Gasteiger partial charge in [0.15, 0.2) is 0 Å². The standard InChI is InChI=1S/C17H21N3O3/c1-11(2)10-20-12(3)15(9-18-20)17(23)19-14-6-4-13(5-7-14)8-16(21)22/h4-7,9,11H,8,10H2,1-3H3,(H,19,23)(H,21,22). The monoisotopic (exact) mass is 315 g/mol. The zero-order valence-corrected chi connectivity index (χ0v) is 13.5. The van der Waals surface area contributed by atoms with Crippen LogP contribution in [-0.2, 0) is 17.8 Å². The van der Waals surface area contributed by atoms with E-state index in [9.17, 15) is 9.59 Å². The molecule has 0 aliphatic heterocycles. The minimum atomic E-state index is -0.880. The topological polar surface area (TPSA) is 84.2 Å². The highest BCUT2D eigenvalue weighted by Gasteiger charge is 2.15. The molecule has 0 aliphatic rings. The van der Waals surface area contributed by atoms with Gasteiger partial charge in [-0.3, -0.25) is 14.3 Å². The van der Waals surface area contributed by atoms with Crippen LogP contribution in [0.4, 0.5) is 5.69 Å². The summed E-state index contributed by atoms with van der Waals surface area (Å²) in [5.41, 5.74) is 2.69. The van der Waals surface area contributed by atoms with Gasteiger partial charge in [-0.2, -0.15) is 5.10 Å². The normalized spacial score (nSPS) is 10.8. The fourth-order valence-corrected chi connectivity index (χ4v) is 2.28. The number of aromatic nitrogens is 2. The van der Waals surface area contributed by atoms with E-state index in [4.69, 9.17) is 5.11 Å². The van der Waals surface area contributed by atoms with Crippen molar-refractivity contribution in [3.8, 4) is 0 Å². The number of nitrogens with one attached hydrogen (secondary N) is 1. The number of anilines is 1. The van der Waals surface area contributed by atoms with Gasteiger partial charge >= 0.3 is 5.97 Å². The predicted octanol–water partition coefficient (Wildman–Crippen LogP) is 2.73. The highest BCUT2D eigenvalue weighted by Crippen LogP contribution is 2.14. The van der Waals surface area contributed by atoms with Crippen LogP contribution in [-0.4, -0.2) is 26.8 Å². The lowest BCUT2D eigenvalue weighted by Crippen LogP contribution is -2.14. The summed E-state index contributed by atoms with van der Waals surface area (Å²) in [6, 6.07) is 6.78. The Morgan fingerprint density at radius 2 is 1.91 bits per heavy atom. The summed E-state index contributed by atoms with van der Waals surface area (Å²) in [4.78, 5) is 23.0. The fourth-order valence-electron chi connectivity index (χ4n) is 2.28. The summed E-state index contributed by atoms with van der Waals surface area (Å²) in [6.07, 6.45) is 1.54. The van der Waals surface area contributed by atoms with Gasteiger partial charge in [-0.1, -0.05) is 26.0 Å². The second-order valence-electron chi connectivity index (χ2n) is 5.94. The fraction of sp³-hybridized carbons (Fsp3) is 0.353. The Morgan fingerprint density at radius 3 is 2.48 bits per heavy atom. The first kappa shape index (κ1) is 16.7. The molecule has 2 aromatic rings. The van der Waals surface area contributed by atoms with Gasteiger partial charge in [-0.15, -0.1) is 0 Å². The molecule has 0 saturated heterocycles. The molecule has 0 spiro atoms. The van der Waals surface area contributed by atoms with Crippen LogP contribution < -0.4 is 5.32 Å². The molecule has 0 unspecified atom stereocenters. The van der Waals surface area contributed by atoms with E-state index in [1.165, 1.54) is 0 Å². The van der Waals surface area contributed by atoms with Crippen molar-refractivity contribution in [3.05, 3.63) is 47.3 Å². The maximum atomic E-state index is 12.3. The van der Waals surface area contributed by atoms with E-state index in [1.54, 1.807) is 30.5 Å². The van der Waals surface area contributed by atoms with Gasteiger partial charge in [0.05, 0.1) is 18.2 Å². The van der Waals surface area contributed by atoms with Gasteiger partial charge in [0.2, 0.25) is 0 Å². The van der Waals surface area contributed by atoms with E-state index in [2.05, 4.69) is 24.3 Å². The maximum Gasteiger partial charge on any atom is 0.307 e. The van der Waals surface area contributed by atoms with Crippen LogP contribution in [0.15, 0.2) is 30.5 Å². The molecule has 2 rings (SSSR count). The summed E-state index contributed by atoms with van der Waals surface area (Å²) in [6.45, 7) is 6.84. The van der Waals surface area contributed by atoms with Crippen molar-refractivity contribution in [3.63, 3.8) is 0 Å². The molecular weight excluding hydrogens is 294 g/mol. The lowest BCUT2D eigenvalue weighted by molar-refractivity contribution is -0.136. The number of hydrogen-bond acceptors (Lipinski definition) is 3. The zero-order valence-electron chi connectivity index (χ0n) is 13.5. The van der Waals surface area contributed by atoms with Crippen molar-refractivity contribution in [2.24, 2.45) is 5.92 Å². The molecule has 0 atom stereocenters. The largest absolute Gasteiger partial charge is 0.481 e. The molecule has 23 heavy (non-hydrogen) atoms. The van der Waals surface area contributed by atoms with Crippen molar-refractivity contribution >= 4 is 17.6 Å². The van der Waals surface area contributed by atoms with Crippen molar-refractivity contribution in [1.29, 1.82) is 0 Å². The van der Waals surface area contributed by atoms with E-state index in [1.807, 2.05) is 11.6 Å². The molecule has 0 aliphatic carbocycles. The number of rotatable bonds is 6. The molecule has 0 fully saturated rings. The van der Waals surface area contributed by atoms with E-state index < -0.39 is 5.97 Å². The smallest absolute Gasteiger partial charge is 0.307 e. The number of carboxylic acids is 1. The molecule has 6 nitrogen and oxygen atoms in total. The summed E-state index contributed by atoms with van der Waals surface area (Å²) in [5.74, 6) is -0.648. The molecule has 0 saturated carbocycles. The van der Waals surface area contributed by atoms with Crippen LogP contribution in [0.2, 0.25) is 0 Å². The highest BCUT2D eigenvalue weighted by atomic mass is 16.4. The number of benzene rings is 1. The molecule has 1 aromatic carbocycles. The third-order valence-corrected chi connectivity index (χ3v) is 3.45. The Morgan fingerprint density at radius 1 is 1.26 bits per heavy atom. The van der Waals surface area contributed by atoms with Gasteiger partial charge in [0, 0.05) is 17.9 Å². The van der Waals surface area contributed by atoms with Crippen molar-refractivity contribution in [2.45, 2.75) is 33.7 Å². The van der Waals surface area contributed by atoms with Gasteiger partial charge in [-0.05, 0) is 30.5 Å². The summed E-state index contributed by atoms with van der Waals surface area (Å²) in [7, 11) is 0. The van der Waals surface area contributed by atoms with E-state index in [0.717, 1.165) is 12.2 Å². The molecular formula is C17H21N3O3. The number of carboxylic acid groups (broad SMARTS) is 1. The van der Waals surface area contributed by atoms with E-state index >= 15 is 0 Å². The zero-order chi connectivity index (χ0) is 17.0. The van der Waals surface area contributed by atoms with Crippen molar-refractivity contribution in [2.75, 3.05) is 5.32 Å². The number of nitrogens with zero attached hydrogens (tertiary/aromatic N) is 2. The first-order chi connectivity index (χ1) is 10.9. The second-order valence-corrected chi connectivity index (χ2v) is 5.94. The average Bonchev–Trinajstić information content (AvgIpc) is 2.81. The minimum absolute atomic E-state index is 0.0324. The molecule has 1 aromatic heterocycles. The third-order valence-electron chi connectivity index (χ3n) is 3.45. The second kappa shape index (κ2) is 7.09. The highest BCUT2D eigenvalue weighted by molar-refractivity contribution is 6.04. The van der Waals surface area contributed by atoms with Crippen molar-refractivity contribution < 1.29 is 14.7 Å².